The summed E-state index contributed by atoms with van der Waals surface area (Å²) < 4.78 is 0. The Morgan fingerprint density at radius 1 is 0.889 bits per heavy atom. The highest BCUT2D eigenvalue weighted by Gasteiger charge is 2.20. The fourth-order valence-corrected chi connectivity index (χ4v) is 4.83. The summed E-state index contributed by atoms with van der Waals surface area (Å²) >= 11 is 5.11. The Balaban J connectivity index is 2.08. The molecule has 0 radical (unpaired) electrons. The lowest BCUT2D eigenvalue weighted by atomic mass is 10.0. The highest BCUT2D eigenvalue weighted by atomic mass is 32.1. The van der Waals surface area contributed by atoms with Gasteiger partial charge in [-0.15, -0.1) is 34.0 Å². The minimum Gasteiger partial charge on any atom is -0.297 e. The summed E-state index contributed by atoms with van der Waals surface area (Å²) in [6.45, 7) is 0. The van der Waals surface area contributed by atoms with Crippen LogP contribution in [0.2, 0.25) is 0 Å². The SMILES string of the molecule is O=Cc1ccc(C(c2cccs2)c2cccs2)s1. The molecule has 0 fully saturated rings. The van der Waals surface area contributed by atoms with Gasteiger partial charge in [-0.1, -0.05) is 12.1 Å². The first-order chi connectivity index (χ1) is 8.88. The molecule has 18 heavy (non-hydrogen) atoms. The Hall–Kier alpha value is -1.23. The summed E-state index contributed by atoms with van der Waals surface area (Å²) in [5, 5.41) is 4.20. The maximum atomic E-state index is 10.8. The summed E-state index contributed by atoms with van der Waals surface area (Å²) in [6.07, 6.45) is 0.925. The monoisotopic (exact) mass is 290 g/mol. The average molecular weight is 290 g/mol. The highest BCUT2D eigenvalue weighted by molar-refractivity contribution is 7.15. The molecular formula is C14H10OS3. The van der Waals surface area contributed by atoms with Crippen molar-refractivity contribution in [3.05, 3.63) is 66.7 Å². The number of carbonyl (C=O) groups is 1. The van der Waals surface area contributed by atoms with Crippen molar-refractivity contribution in [1.82, 2.24) is 0 Å². The molecule has 0 bridgehead atoms. The second kappa shape index (κ2) is 5.18. The molecule has 0 aliphatic carbocycles. The van der Waals surface area contributed by atoms with Crippen LogP contribution in [0.3, 0.4) is 0 Å². The maximum Gasteiger partial charge on any atom is 0.160 e. The van der Waals surface area contributed by atoms with Crippen LogP contribution in [0.5, 0.6) is 0 Å². The number of thiophene rings is 3. The van der Waals surface area contributed by atoms with Crippen LogP contribution in [0.4, 0.5) is 0 Å². The van der Waals surface area contributed by atoms with Gasteiger partial charge in [0.1, 0.15) is 0 Å². The van der Waals surface area contributed by atoms with Crippen LogP contribution < -0.4 is 0 Å². The fourth-order valence-electron chi connectivity index (χ4n) is 1.92. The van der Waals surface area contributed by atoms with Gasteiger partial charge in [-0.3, -0.25) is 4.79 Å². The lowest BCUT2D eigenvalue weighted by Gasteiger charge is -2.11. The predicted octanol–water partition coefficient (Wildman–Crippen LogP) is 4.86. The van der Waals surface area contributed by atoms with Crippen molar-refractivity contribution in [2.24, 2.45) is 0 Å². The number of hydrogen-bond donors (Lipinski definition) is 0. The zero-order valence-electron chi connectivity index (χ0n) is 9.41. The van der Waals surface area contributed by atoms with E-state index < -0.39 is 0 Å². The Morgan fingerprint density at radius 3 is 2.00 bits per heavy atom. The van der Waals surface area contributed by atoms with Gasteiger partial charge in [0.15, 0.2) is 6.29 Å². The fraction of sp³-hybridized carbons (Fsp3) is 0.0714. The molecule has 0 saturated heterocycles. The number of aldehydes is 1. The van der Waals surface area contributed by atoms with Gasteiger partial charge in [0.2, 0.25) is 0 Å². The molecule has 0 aliphatic heterocycles. The van der Waals surface area contributed by atoms with E-state index in [0.717, 1.165) is 11.2 Å². The molecule has 0 atom stereocenters. The molecule has 0 amide bonds. The van der Waals surface area contributed by atoms with Gasteiger partial charge in [-0.05, 0) is 35.0 Å². The Morgan fingerprint density at radius 2 is 1.56 bits per heavy atom. The van der Waals surface area contributed by atoms with Gasteiger partial charge in [-0.2, -0.15) is 0 Å². The van der Waals surface area contributed by atoms with Crippen molar-refractivity contribution in [2.45, 2.75) is 5.92 Å². The molecule has 1 nitrogen and oxygen atoms in total. The van der Waals surface area contributed by atoms with Crippen LogP contribution in [-0.2, 0) is 0 Å². The molecule has 3 aromatic rings. The molecule has 0 saturated carbocycles. The van der Waals surface area contributed by atoms with E-state index in [0.29, 0.717) is 0 Å². The summed E-state index contributed by atoms with van der Waals surface area (Å²) in [5.74, 6) is 0.281. The van der Waals surface area contributed by atoms with Gasteiger partial charge in [-0.25, -0.2) is 0 Å². The summed E-state index contributed by atoms with van der Waals surface area (Å²) in [6, 6.07) is 12.5. The normalized spacial score (nSPS) is 10.9. The van der Waals surface area contributed by atoms with Gasteiger partial charge < -0.3 is 0 Å². The Labute approximate surface area is 117 Å². The third-order valence-corrected chi connectivity index (χ3v) is 5.65. The molecule has 3 aromatic heterocycles. The van der Waals surface area contributed by atoms with Gasteiger partial charge in [0.05, 0.1) is 10.8 Å². The lowest BCUT2D eigenvalue weighted by molar-refractivity contribution is 0.112. The van der Waals surface area contributed by atoms with E-state index in [2.05, 4.69) is 41.1 Å². The first kappa shape index (κ1) is 11.8. The molecule has 0 N–H and O–H groups in total. The van der Waals surface area contributed by atoms with Crippen molar-refractivity contribution in [1.29, 1.82) is 0 Å². The zero-order chi connectivity index (χ0) is 12.4. The average Bonchev–Trinajstić information content (AvgIpc) is 3.13. The van der Waals surface area contributed by atoms with Crippen LogP contribution in [0, 0.1) is 0 Å². The van der Waals surface area contributed by atoms with Gasteiger partial charge in [0, 0.05) is 14.6 Å². The van der Waals surface area contributed by atoms with E-state index in [1.54, 1.807) is 34.0 Å². The third-order valence-electron chi connectivity index (χ3n) is 2.70. The highest BCUT2D eigenvalue weighted by Crippen LogP contribution is 2.39. The van der Waals surface area contributed by atoms with Crippen molar-refractivity contribution in [2.75, 3.05) is 0 Å². The third kappa shape index (κ3) is 2.19. The number of carbonyl (C=O) groups excluding carboxylic acids is 1. The van der Waals surface area contributed by atoms with Crippen molar-refractivity contribution < 1.29 is 4.79 Å². The second-order valence-electron chi connectivity index (χ2n) is 3.82. The maximum absolute atomic E-state index is 10.8. The summed E-state index contributed by atoms with van der Waals surface area (Å²) in [7, 11) is 0. The molecule has 0 aromatic carbocycles. The van der Waals surface area contributed by atoms with Crippen LogP contribution >= 0.6 is 34.0 Å². The summed E-state index contributed by atoms with van der Waals surface area (Å²) in [5.41, 5.74) is 0. The van der Waals surface area contributed by atoms with Gasteiger partial charge in [0.25, 0.3) is 0 Å². The van der Waals surface area contributed by atoms with Crippen molar-refractivity contribution >= 4 is 40.3 Å². The summed E-state index contributed by atoms with van der Waals surface area (Å²) in [4.78, 5) is 15.5. The van der Waals surface area contributed by atoms with Crippen molar-refractivity contribution in [3.8, 4) is 0 Å². The molecule has 0 spiro atoms. The van der Waals surface area contributed by atoms with E-state index in [4.69, 9.17) is 0 Å². The minimum atomic E-state index is 0.281. The lowest BCUT2D eigenvalue weighted by Crippen LogP contribution is -1.95. The molecule has 3 heterocycles. The first-order valence-corrected chi connectivity index (χ1v) is 8.08. The van der Waals surface area contributed by atoms with E-state index in [1.807, 2.05) is 6.07 Å². The second-order valence-corrected chi connectivity index (χ2v) is 6.93. The van der Waals surface area contributed by atoms with Crippen LogP contribution in [0.25, 0.3) is 0 Å². The first-order valence-electron chi connectivity index (χ1n) is 5.50. The van der Waals surface area contributed by atoms with Crippen LogP contribution in [0.1, 0.15) is 30.2 Å². The molecule has 0 aliphatic rings. The zero-order valence-corrected chi connectivity index (χ0v) is 11.9. The van der Waals surface area contributed by atoms with Gasteiger partial charge >= 0.3 is 0 Å². The topological polar surface area (TPSA) is 17.1 Å². The Kier molecular flexibility index (Phi) is 3.41. The largest absolute Gasteiger partial charge is 0.297 e. The molecule has 0 unspecified atom stereocenters. The smallest absolute Gasteiger partial charge is 0.160 e. The van der Waals surface area contributed by atoms with Crippen molar-refractivity contribution in [3.63, 3.8) is 0 Å². The molecular weight excluding hydrogens is 280 g/mol. The van der Waals surface area contributed by atoms with Crippen LogP contribution in [-0.4, -0.2) is 6.29 Å². The van der Waals surface area contributed by atoms with E-state index in [1.165, 1.54) is 14.6 Å². The van der Waals surface area contributed by atoms with E-state index in [-0.39, 0.29) is 5.92 Å². The quantitative estimate of drug-likeness (QED) is 0.627. The number of hydrogen-bond acceptors (Lipinski definition) is 4. The predicted molar refractivity (Wildman–Crippen MR) is 79.3 cm³/mol. The molecule has 90 valence electrons. The van der Waals surface area contributed by atoms with E-state index in [9.17, 15) is 4.79 Å². The van der Waals surface area contributed by atoms with E-state index >= 15 is 0 Å². The minimum absolute atomic E-state index is 0.281. The van der Waals surface area contributed by atoms with Crippen LogP contribution in [0.15, 0.2) is 47.2 Å². The Bertz CT molecular complexity index is 586. The standard InChI is InChI=1S/C14H10OS3/c15-9-10-5-6-13(18-10)14(11-3-1-7-16-11)12-4-2-8-17-12/h1-9,14H. The molecule has 4 heteroatoms. The number of rotatable bonds is 4. The molecule has 3 rings (SSSR count).